The average Bonchev–Trinajstić information content (AvgIpc) is 3.28. The van der Waals surface area contributed by atoms with E-state index in [-0.39, 0.29) is 11.8 Å². The number of benzene rings is 1. The first-order valence-corrected chi connectivity index (χ1v) is 11.4. The Kier molecular flexibility index (Phi) is 5.55. The maximum atomic E-state index is 12.1. The number of amides is 1. The number of anilines is 1. The van der Waals surface area contributed by atoms with E-state index in [1.807, 2.05) is 25.3 Å². The van der Waals surface area contributed by atoms with E-state index in [1.165, 1.54) is 31.5 Å². The van der Waals surface area contributed by atoms with Crippen LogP contribution in [0.3, 0.4) is 0 Å². The van der Waals surface area contributed by atoms with Gasteiger partial charge in [-0.25, -0.2) is 4.98 Å². The Balaban J connectivity index is 1.40. The number of carbonyl (C=O) groups excluding carboxylic acids is 1. The molecule has 3 heterocycles. The van der Waals surface area contributed by atoms with E-state index >= 15 is 0 Å². The minimum Gasteiger partial charge on any atom is -0.323 e. The summed E-state index contributed by atoms with van der Waals surface area (Å²) in [4.78, 5) is 19.0. The van der Waals surface area contributed by atoms with Gasteiger partial charge in [-0.1, -0.05) is 17.7 Å². The first-order chi connectivity index (χ1) is 15.1. The number of rotatable bonds is 6. The lowest BCUT2D eigenvalue weighted by Gasteiger charge is -2.15. The highest BCUT2D eigenvalue weighted by molar-refractivity contribution is 6.33. The van der Waals surface area contributed by atoms with Gasteiger partial charge in [0, 0.05) is 53.3 Å². The quantitative estimate of drug-likeness (QED) is 0.561. The third-order valence-corrected chi connectivity index (χ3v) is 6.52. The van der Waals surface area contributed by atoms with Crippen molar-refractivity contribution in [1.29, 1.82) is 0 Å². The van der Waals surface area contributed by atoms with Gasteiger partial charge in [0.2, 0.25) is 5.91 Å². The van der Waals surface area contributed by atoms with Crippen LogP contribution in [0.4, 0.5) is 5.82 Å². The zero-order valence-electron chi connectivity index (χ0n) is 17.8. The molecule has 2 fully saturated rings. The number of aryl methyl sites for hydroxylation is 1. The maximum Gasteiger partial charge on any atom is 0.228 e. The van der Waals surface area contributed by atoms with Gasteiger partial charge in [0.1, 0.15) is 5.82 Å². The second-order valence-corrected chi connectivity index (χ2v) is 9.13. The van der Waals surface area contributed by atoms with Crippen molar-refractivity contribution in [2.75, 3.05) is 18.4 Å². The molecule has 5 nitrogen and oxygen atoms in total. The number of carbonyl (C=O) groups is 1. The summed E-state index contributed by atoms with van der Waals surface area (Å²) in [6.45, 7) is 5.35. The molecule has 6 heteroatoms. The molecule has 2 aliphatic rings. The third-order valence-electron chi connectivity index (χ3n) is 6.19. The van der Waals surface area contributed by atoms with Gasteiger partial charge in [0.25, 0.3) is 0 Å². The smallest absolute Gasteiger partial charge is 0.228 e. The predicted molar refractivity (Wildman–Crippen MR) is 125 cm³/mol. The summed E-state index contributed by atoms with van der Waals surface area (Å²) >= 11 is 6.57. The van der Waals surface area contributed by atoms with Gasteiger partial charge in [0.05, 0.1) is 5.69 Å². The van der Waals surface area contributed by atoms with Crippen molar-refractivity contribution in [3.05, 3.63) is 65.1 Å². The first kappa shape index (κ1) is 20.3. The van der Waals surface area contributed by atoms with Crippen LogP contribution in [-0.2, 0) is 11.3 Å². The zero-order chi connectivity index (χ0) is 21.4. The number of pyridine rings is 1. The van der Waals surface area contributed by atoms with Crippen LogP contribution in [0.15, 0.2) is 48.9 Å². The van der Waals surface area contributed by atoms with Crippen LogP contribution in [0, 0.1) is 12.8 Å². The van der Waals surface area contributed by atoms with Gasteiger partial charge in [0.15, 0.2) is 0 Å². The minimum atomic E-state index is 0.0668. The van der Waals surface area contributed by atoms with E-state index < -0.39 is 0 Å². The number of nitrogens with zero attached hydrogens (tertiary/aromatic N) is 3. The lowest BCUT2D eigenvalue weighted by Crippen LogP contribution is -2.18. The largest absolute Gasteiger partial charge is 0.323 e. The predicted octanol–water partition coefficient (Wildman–Crippen LogP) is 5.45. The molecule has 0 radical (unpaired) electrons. The minimum absolute atomic E-state index is 0.0668. The lowest BCUT2D eigenvalue weighted by molar-refractivity contribution is -0.117. The van der Waals surface area contributed by atoms with Crippen molar-refractivity contribution in [3.8, 4) is 16.8 Å². The van der Waals surface area contributed by atoms with E-state index in [2.05, 4.69) is 44.2 Å². The van der Waals surface area contributed by atoms with Crippen LogP contribution < -0.4 is 5.32 Å². The molecule has 0 bridgehead atoms. The third kappa shape index (κ3) is 4.53. The van der Waals surface area contributed by atoms with Crippen molar-refractivity contribution in [2.45, 2.75) is 39.2 Å². The van der Waals surface area contributed by atoms with Crippen molar-refractivity contribution < 1.29 is 4.79 Å². The van der Waals surface area contributed by atoms with Gasteiger partial charge >= 0.3 is 0 Å². The van der Waals surface area contributed by atoms with Crippen molar-refractivity contribution in [2.24, 2.45) is 5.92 Å². The van der Waals surface area contributed by atoms with Crippen LogP contribution in [-0.4, -0.2) is 33.4 Å². The Hall–Kier alpha value is -2.63. The molecule has 1 N–H and O–H groups in total. The molecule has 1 aromatic carbocycles. The molecule has 1 aliphatic carbocycles. The molecule has 160 valence electrons. The lowest BCUT2D eigenvalue weighted by atomic mass is 10.1. The van der Waals surface area contributed by atoms with Crippen LogP contribution in [0.5, 0.6) is 0 Å². The number of hydrogen-bond donors (Lipinski definition) is 1. The van der Waals surface area contributed by atoms with Gasteiger partial charge in [-0.05, 0) is 75.0 Å². The van der Waals surface area contributed by atoms with Crippen LogP contribution in [0.25, 0.3) is 16.8 Å². The van der Waals surface area contributed by atoms with Crippen molar-refractivity contribution >= 4 is 23.3 Å². The number of aromatic nitrogens is 2. The molecule has 5 rings (SSSR count). The summed E-state index contributed by atoms with van der Waals surface area (Å²) in [6, 6.07) is 10.4. The average molecular weight is 435 g/mol. The fourth-order valence-electron chi connectivity index (χ4n) is 4.23. The Bertz CT molecular complexity index is 1110. The first-order valence-electron chi connectivity index (χ1n) is 11.0. The number of likely N-dealkylation sites (tertiary alicyclic amines) is 1. The molecule has 2 aromatic heterocycles. The standard InChI is InChI=1S/C25H27ClN4O/c1-17-14-27-24(28-25(31)19-5-6-19)13-23(17)30-11-8-20(16-30)21-12-18(4-7-22(21)26)15-29-9-2-3-10-29/h4,7-8,11-14,16,19H,2-3,5-6,9-10,15H2,1H3,(H,27,28,31). The summed E-state index contributed by atoms with van der Waals surface area (Å²) in [6.07, 6.45) is 10.5. The molecule has 1 aliphatic heterocycles. The number of halogens is 1. The number of nitrogens with one attached hydrogen (secondary N) is 1. The molecule has 1 saturated carbocycles. The molecular formula is C25H27ClN4O. The van der Waals surface area contributed by atoms with E-state index in [0.717, 1.165) is 46.8 Å². The summed E-state index contributed by atoms with van der Waals surface area (Å²) in [7, 11) is 0. The van der Waals surface area contributed by atoms with Gasteiger partial charge < -0.3 is 9.88 Å². The summed E-state index contributed by atoms with van der Waals surface area (Å²) in [5.74, 6) is 0.815. The molecule has 0 unspecified atom stereocenters. The monoisotopic (exact) mass is 434 g/mol. The van der Waals surface area contributed by atoms with Crippen LogP contribution in [0.1, 0.15) is 36.8 Å². The van der Waals surface area contributed by atoms with Crippen molar-refractivity contribution in [3.63, 3.8) is 0 Å². The highest BCUT2D eigenvalue weighted by Crippen LogP contribution is 2.32. The van der Waals surface area contributed by atoms with Crippen LogP contribution in [0.2, 0.25) is 5.02 Å². The molecule has 0 spiro atoms. The highest BCUT2D eigenvalue weighted by atomic mass is 35.5. The van der Waals surface area contributed by atoms with E-state index in [4.69, 9.17) is 11.6 Å². The Morgan fingerprint density at radius 3 is 2.77 bits per heavy atom. The van der Waals surface area contributed by atoms with E-state index in [0.29, 0.717) is 5.82 Å². The fourth-order valence-corrected chi connectivity index (χ4v) is 4.46. The second kappa shape index (κ2) is 8.48. The van der Waals surface area contributed by atoms with E-state index in [1.54, 1.807) is 6.20 Å². The molecule has 31 heavy (non-hydrogen) atoms. The van der Waals surface area contributed by atoms with Gasteiger partial charge in [-0.15, -0.1) is 0 Å². The molecule has 1 amide bonds. The van der Waals surface area contributed by atoms with E-state index in [9.17, 15) is 4.79 Å². The Morgan fingerprint density at radius 1 is 1.19 bits per heavy atom. The maximum absolute atomic E-state index is 12.1. The molecule has 0 atom stereocenters. The SMILES string of the molecule is Cc1cnc(NC(=O)C2CC2)cc1-n1ccc(-c2cc(CN3CCCC3)ccc2Cl)c1. The van der Waals surface area contributed by atoms with Crippen molar-refractivity contribution in [1.82, 2.24) is 14.5 Å². The highest BCUT2D eigenvalue weighted by Gasteiger charge is 2.29. The normalized spacial score (nSPS) is 16.6. The van der Waals surface area contributed by atoms with Gasteiger partial charge in [-0.3, -0.25) is 9.69 Å². The zero-order valence-corrected chi connectivity index (χ0v) is 18.5. The van der Waals surface area contributed by atoms with Crippen LogP contribution >= 0.6 is 11.6 Å². The summed E-state index contributed by atoms with van der Waals surface area (Å²) < 4.78 is 2.07. The topological polar surface area (TPSA) is 50.2 Å². The molecule has 1 saturated heterocycles. The molecule has 3 aromatic rings. The second-order valence-electron chi connectivity index (χ2n) is 8.72. The summed E-state index contributed by atoms with van der Waals surface area (Å²) in [5, 5.41) is 3.70. The molecular weight excluding hydrogens is 408 g/mol. The number of hydrogen-bond acceptors (Lipinski definition) is 3. The summed E-state index contributed by atoms with van der Waals surface area (Å²) in [5.41, 5.74) is 5.45. The Morgan fingerprint density at radius 2 is 2.00 bits per heavy atom. The van der Waals surface area contributed by atoms with Gasteiger partial charge in [-0.2, -0.15) is 0 Å². The fraction of sp³-hybridized carbons (Fsp3) is 0.360. The Labute approximate surface area is 188 Å².